The summed E-state index contributed by atoms with van der Waals surface area (Å²) in [7, 11) is 0. The van der Waals surface area contributed by atoms with Crippen molar-refractivity contribution in [1.29, 1.82) is 0 Å². The summed E-state index contributed by atoms with van der Waals surface area (Å²) in [6.45, 7) is 8.36. The average Bonchev–Trinajstić information content (AvgIpc) is 3.33. The average molecular weight is 598 g/mol. The van der Waals surface area contributed by atoms with Gasteiger partial charge in [-0.15, -0.1) is 0 Å². The summed E-state index contributed by atoms with van der Waals surface area (Å²) in [4.78, 5) is 53.9. The van der Waals surface area contributed by atoms with E-state index in [2.05, 4.69) is 10.6 Å². The molecule has 44 heavy (non-hydrogen) atoms. The molecule has 1 aliphatic heterocycles. The van der Waals surface area contributed by atoms with Crippen LogP contribution in [0, 0.1) is 5.41 Å². The van der Waals surface area contributed by atoms with Gasteiger partial charge in [0.05, 0.1) is 19.0 Å². The predicted octanol–water partition coefficient (Wildman–Crippen LogP) is 5.86. The van der Waals surface area contributed by atoms with Gasteiger partial charge in [-0.2, -0.15) is 0 Å². The lowest BCUT2D eigenvalue weighted by molar-refractivity contribution is -0.139. The molecular formula is C36H43N3O5. The summed E-state index contributed by atoms with van der Waals surface area (Å²) in [5.41, 5.74) is 3.49. The second kappa shape index (κ2) is 14.8. The van der Waals surface area contributed by atoms with E-state index in [9.17, 15) is 19.2 Å². The Morgan fingerprint density at radius 1 is 0.886 bits per heavy atom. The van der Waals surface area contributed by atoms with E-state index in [1.54, 1.807) is 11.8 Å². The smallest absolute Gasteiger partial charge is 0.408 e. The monoisotopic (exact) mass is 597 g/mol. The Kier molecular flexibility index (Phi) is 10.9. The molecule has 3 aromatic carbocycles. The van der Waals surface area contributed by atoms with Gasteiger partial charge in [0, 0.05) is 12.0 Å². The predicted molar refractivity (Wildman–Crippen MR) is 171 cm³/mol. The highest BCUT2D eigenvalue weighted by molar-refractivity contribution is 6.38. The van der Waals surface area contributed by atoms with Crippen molar-refractivity contribution < 1.29 is 23.9 Å². The molecule has 8 heteroatoms. The molecule has 2 N–H and O–H groups in total. The first kappa shape index (κ1) is 32.5. The highest BCUT2D eigenvalue weighted by Gasteiger charge is 2.44. The first-order valence-electron chi connectivity index (χ1n) is 15.4. The number of Topliss-reactive ketones (excluding diaryl/α,β-unsaturated/α-hetero) is 1. The molecule has 0 spiro atoms. The minimum absolute atomic E-state index is 0.0442. The molecule has 1 heterocycles. The van der Waals surface area contributed by atoms with E-state index in [4.69, 9.17) is 4.74 Å². The third-order valence-electron chi connectivity index (χ3n) is 8.20. The first-order chi connectivity index (χ1) is 21.1. The van der Waals surface area contributed by atoms with Gasteiger partial charge >= 0.3 is 6.09 Å². The standard InChI is InChI=1S/C36H43N3O5/c1-5-6-17-30(33(41)34(42)37-25(2)27-13-9-7-10-14-27)38-35(43)44-31-23-39(24-36(31,3)4)32(40)22-26-18-20-29(21-19-26)28-15-11-8-12-16-28/h7-16,18-21,25,30-31H,5-6,17,22-24H2,1-4H3,(H,37,42)(H,38,43)/t25-,30+,31-/m1/s1. The number of alkyl carbamates (subject to hydrolysis) is 1. The van der Waals surface area contributed by atoms with E-state index in [-0.39, 0.29) is 24.9 Å². The van der Waals surface area contributed by atoms with E-state index in [0.717, 1.165) is 28.7 Å². The maximum absolute atomic E-state index is 13.2. The number of hydrogen-bond donors (Lipinski definition) is 2. The fraction of sp³-hybridized carbons (Fsp3) is 0.389. The number of amides is 3. The molecule has 0 aliphatic carbocycles. The molecule has 232 valence electrons. The summed E-state index contributed by atoms with van der Waals surface area (Å²) in [6.07, 6.45) is 0.674. The SMILES string of the molecule is CCCC[C@H](NC(=O)O[C@@H]1CN(C(=O)Cc2ccc(-c3ccccc3)cc2)CC1(C)C)C(=O)C(=O)N[C@H](C)c1ccccc1. The molecule has 0 saturated carbocycles. The van der Waals surface area contributed by atoms with E-state index in [0.29, 0.717) is 19.4 Å². The molecule has 3 atom stereocenters. The largest absolute Gasteiger partial charge is 0.444 e. The molecule has 0 bridgehead atoms. The molecule has 1 saturated heterocycles. The van der Waals surface area contributed by atoms with Crippen molar-refractivity contribution in [2.75, 3.05) is 13.1 Å². The summed E-state index contributed by atoms with van der Waals surface area (Å²) < 4.78 is 5.78. The number of benzene rings is 3. The van der Waals surface area contributed by atoms with Crippen LogP contribution in [-0.4, -0.2) is 53.8 Å². The maximum atomic E-state index is 13.2. The fourth-order valence-corrected chi connectivity index (χ4v) is 5.46. The van der Waals surface area contributed by atoms with Gasteiger partial charge < -0.3 is 20.3 Å². The van der Waals surface area contributed by atoms with Crippen LogP contribution in [0.2, 0.25) is 0 Å². The molecular weight excluding hydrogens is 554 g/mol. The van der Waals surface area contributed by atoms with Crippen LogP contribution in [-0.2, 0) is 25.5 Å². The van der Waals surface area contributed by atoms with Gasteiger partial charge in [0.1, 0.15) is 12.1 Å². The van der Waals surface area contributed by atoms with Crippen LogP contribution in [0.25, 0.3) is 11.1 Å². The highest BCUT2D eigenvalue weighted by atomic mass is 16.6. The normalized spacial score (nSPS) is 16.9. The Morgan fingerprint density at radius 3 is 2.14 bits per heavy atom. The van der Waals surface area contributed by atoms with Crippen molar-refractivity contribution in [1.82, 2.24) is 15.5 Å². The highest BCUT2D eigenvalue weighted by Crippen LogP contribution is 2.32. The number of carbonyl (C=O) groups excluding carboxylic acids is 4. The van der Waals surface area contributed by atoms with Crippen LogP contribution in [0.3, 0.4) is 0 Å². The number of rotatable bonds is 12. The molecule has 0 radical (unpaired) electrons. The lowest BCUT2D eigenvalue weighted by Crippen LogP contribution is -2.49. The zero-order valence-electron chi connectivity index (χ0n) is 26.0. The zero-order valence-corrected chi connectivity index (χ0v) is 26.0. The number of ketones is 1. The van der Waals surface area contributed by atoms with Crippen molar-refractivity contribution in [2.24, 2.45) is 5.41 Å². The van der Waals surface area contributed by atoms with Gasteiger partial charge in [-0.05, 0) is 35.6 Å². The summed E-state index contributed by atoms with van der Waals surface area (Å²) >= 11 is 0. The van der Waals surface area contributed by atoms with Gasteiger partial charge in [0.25, 0.3) is 5.91 Å². The number of unbranched alkanes of at least 4 members (excludes halogenated alkanes) is 1. The van der Waals surface area contributed by atoms with Gasteiger partial charge in [0.15, 0.2) is 0 Å². The molecule has 0 aromatic heterocycles. The van der Waals surface area contributed by atoms with Gasteiger partial charge in [-0.3, -0.25) is 14.4 Å². The number of carbonyl (C=O) groups is 4. The number of hydrogen-bond acceptors (Lipinski definition) is 5. The summed E-state index contributed by atoms with van der Waals surface area (Å²) in [5.74, 6) is -1.51. The van der Waals surface area contributed by atoms with E-state index >= 15 is 0 Å². The summed E-state index contributed by atoms with van der Waals surface area (Å²) in [6, 6.07) is 26.0. The maximum Gasteiger partial charge on any atom is 0.408 e. The molecule has 0 unspecified atom stereocenters. The van der Waals surface area contributed by atoms with E-state index in [1.165, 1.54) is 0 Å². The van der Waals surface area contributed by atoms with Crippen LogP contribution >= 0.6 is 0 Å². The van der Waals surface area contributed by atoms with Crippen LogP contribution in [0.5, 0.6) is 0 Å². The number of nitrogens with zero attached hydrogens (tertiary/aromatic N) is 1. The van der Waals surface area contributed by atoms with Crippen molar-refractivity contribution >= 4 is 23.7 Å². The quantitative estimate of drug-likeness (QED) is 0.254. The third kappa shape index (κ3) is 8.56. The summed E-state index contributed by atoms with van der Waals surface area (Å²) in [5, 5.41) is 5.37. The number of ether oxygens (including phenoxy) is 1. The number of nitrogens with one attached hydrogen (secondary N) is 2. The third-order valence-corrected chi connectivity index (χ3v) is 8.20. The van der Waals surface area contributed by atoms with Crippen LogP contribution in [0.15, 0.2) is 84.9 Å². The Labute approximate surface area is 260 Å². The minimum atomic E-state index is -1.01. The van der Waals surface area contributed by atoms with Gasteiger partial charge in [0.2, 0.25) is 11.7 Å². The number of likely N-dealkylation sites (tertiary alicyclic amines) is 1. The molecule has 3 amide bonds. The van der Waals surface area contributed by atoms with Crippen molar-refractivity contribution in [3.63, 3.8) is 0 Å². The van der Waals surface area contributed by atoms with Crippen molar-refractivity contribution in [2.45, 2.75) is 71.6 Å². The molecule has 1 aliphatic rings. The lowest BCUT2D eigenvalue weighted by Gasteiger charge is -2.26. The van der Waals surface area contributed by atoms with Crippen LogP contribution in [0.1, 0.15) is 64.1 Å². The second-order valence-electron chi connectivity index (χ2n) is 12.2. The minimum Gasteiger partial charge on any atom is -0.444 e. The fourth-order valence-electron chi connectivity index (χ4n) is 5.46. The molecule has 4 rings (SSSR count). The van der Waals surface area contributed by atoms with Crippen LogP contribution in [0.4, 0.5) is 4.79 Å². The second-order valence-corrected chi connectivity index (χ2v) is 12.2. The van der Waals surface area contributed by atoms with E-state index in [1.807, 2.05) is 106 Å². The molecule has 3 aromatic rings. The lowest BCUT2D eigenvalue weighted by atomic mass is 9.90. The van der Waals surface area contributed by atoms with Crippen molar-refractivity contribution in [3.8, 4) is 11.1 Å². The Balaban J connectivity index is 1.33. The topological polar surface area (TPSA) is 105 Å². The van der Waals surface area contributed by atoms with Gasteiger partial charge in [-0.25, -0.2) is 4.79 Å². The van der Waals surface area contributed by atoms with Crippen LogP contribution < -0.4 is 10.6 Å². The Morgan fingerprint density at radius 2 is 1.50 bits per heavy atom. The molecule has 8 nitrogen and oxygen atoms in total. The Hall–Kier alpha value is -4.46. The molecule has 1 fully saturated rings. The Bertz CT molecular complexity index is 1420. The van der Waals surface area contributed by atoms with E-state index < -0.39 is 35.3 Å². The zero-order chi connectivity index (χ0) is 31.7. The first-order valence-corrected chi connectivity index (χ1v) is 15.4. The van der Waals surface area contributed by atoms with Gasteiger partial charge in [-0.1, -0.05) is 119 Å². The van der Waals surface area contributed by atoms with Crippen molar-refractivity contribution in [3.05, 3.63) is 96.1 Å².